The fraction of sp³-hybridized carbons (Fsp3) is 0.882. The molecule has 8 atom stereocenters. The average Bonchev–Trinajstić information content (AvgIpc) is 4.12. The molecule has 1 aromatic carbocycles. The normalized spacial score (nSPS) is 23.7. The van der Waals surface area contributed by atoms with Gasteiger partial charge in [0.25, 0.3) is 0 Å². The first-order valence-corrected chi connectivity index (χ1v) is 36.5. The van der Waals surface area contributed by atoms with Crippen LogP contribution in [0.4, 0.5) is 0 Å². The maximum absolute atomic E-state index is 14.6. The monoisotopic (exact) mass is 1130 g/mol. The molecule has 0 aromatic heterocycles. The zero-order valence-corrected chi connectivity index (χ0v) is 55.2. The van der Waals surface area contributed by atoms with E-state index in [0.29, 0.717) is 48.0 Å². The second-order valence-electron chi connectivity index (χ2n) is 28.6. The van der Waals surface area contributed by atoms with Gasteiger partial charge in [-0.2, -0.15) is 0 Å². The van der Waals surface area contributed by atoms with E-state index in [-0.39, 0.29) is 17.5 Å². The van der Waals surface area contributed by atoms with Crippen LogP contribution in [0.1, 0.15) is 368 Å². The average molecular weight is 1130 g/mol. The molecule has 1 unspecified atom stereocenters. The van der Waals surface area contributed by atoms with Crippen LogP contribution in [-0.4, -0.2) is 31.9 Å². The van der Waals surface area contributed by atoms with Gasteiger partial charge < -0.3 is 18.9 Å². The first kappa shape index (κ1) is 69.6. The molecule has 1 aromatic rings. The van der Waals surface area contributed by atoms with Crippen molar-refractivity contribution in [3.8, 4) is 17.2 Å². The van der Waals surface area contributed by atoms with Crippen molar-refractivity contribution in [2.24, 2.45) is 46.3 Å². The highest BCUT2D eigenvalue weighted by Gasteiger charge is 2.59. The largest absolute Gasteiger partial charge is 0.490 e. The number of benzene rings is 1. The third kappa shape index (κ3) is 24.6. The number of ether oxygens (including phenoxy) is 4. The molecule has 0 bridgehead atoms. The molecule has 5 rings (SSSR count). The lowest BCUT2D eigenvalue weighted by Gasteiger charge is -2.58. The minimum Gasteiger partial charge on any atom is -0.490 e. The zero-order valence-electron chi connectivity index (χ0n) is 55.2. The van der Waals surface area contributed by atoms with Crippen LogP contribution >= 0.6 is 0 Å². The van der Waals surface area contributed by atoms with Crippen LogP contribution in [-0.2, 0) is 4.74 Å². The van der Waals surface area contributed by atoms with E-state index in [9.17, 15) is 4.79 Å². The van der Waals surface area contributed by atoms with Gasteiger partial charge in [-0.05, 0) is 123 Å². The Morgan fingerprint density at radius 2 is 0.926 bits per heavy atom. The molecule has 0 spiro atoms. The van der Waals surface area contributed by atoms with Crippen LogP contribution in [0.5, 0.6) is 17.2 Å². The van der Waals surface area contributed by atoms with Crippen molar-refractivity contribution in [1.82, 2.24) is 0 Å². The quantitative estimate of drug-likeness (QED) is 0.0370. The van der Waals surface area contributed by atoms with E-state index >= 15 is 0 Å². The summed E-state index contributed by atoms with van der Waals surface area (Å²) in [6.45, 7) is 21.4. The fourth-order valence-corrected chi connectivity index (χ4v) is 16.4. The van der Waals surface area contributed by atoms with Crippen LogP contribution in [0.3, 0.4) is 0 Å². The van der Waals surface area contributed by atoms with Crippen LogP contribution in [0, 0.1) is 46.3 Å². The zero-order chi connectivity index (χ0) is 57.8. The first-order chi connectivity index (χ1) is 39.5. The fourth-order valence-electron chi connectivity index (χ4n) is 16.4. The Hall–Kier alpha value is -2.17. The van der Waals surface area contributed by atoms with Crippen molar-refractivity contribution >= 4 is 5.97 Å². The molecule has 5 heteroatoms. The lowest BCUT2D eigenvalue weighted by molar-refractivity contribution is -0.0594. The van der Waals surface area contributed by atoms with Gasteiger partial charge in [-0.3, -0.25) is 0 Å². The van der Waals surface area contributed by atoms with Crippen molar-refractivity contribution in [3.63, 3.8) is 0 Å². The molecular weight excluding hydrogens is 993 g/mol. The summed E-state index contributed by atoms with van der Waals surface area (Å²) in [4.78, 5) is 14.6. The van der Waals surface area contributed by atoms with E-state index in [0.717, 1.165) is 86.9 Å². The third-order valence-corrected chi connectivity index (χ3v) is 21.5. The molecule has 4 aliphatic rings. The number of hydrogen-bond acceptors (Lipinski definition) is 5. The van der Waals surface area contributed by atoms with E-state index in [1.165, 1.54) is 250 Å². The summed E-state index contributed by atoms with van der Waals surface area (Å²) in [5.41, 5.74) is 2.82. The summed E-state index contributed by atoms with van der Waals surface area (Å²) in [6, 6.07) is 3.88. The van der Waals surface area contributed by atoms with E-state index in [4.69, 9.17) is 18.9 Å². The Balaban J connectivity index is 1.22. The molecule has 0 radical (unpaired) electrons. The molecule has 5 nitrogen and oxygen atoms in total. The van der Waals surface area contributed by atoms with Gasteiger partial charge in [0.2, 0.25) is 5.75 Å². The van der Waals surface area contributed by atoms with Crippen LogP contribution < -0.4 is 14.2 Å². The second kappa shape index (κ2) is 41.0. The van der Waals surface area contributed by atoms with Gasteiger partial charge in [0.1, 0.15) is 6.10 Å². The maximum Gasteiger partial charge on any atom is 0.338 e. The van der Waals surface area contributed by atoms with E-state index in [1.54, 1.807) is 5.57 Å². The summed E-state index contributed by atoms with van der Waals surface area (Å²) in [6.07, 6.45) is 63.6. The van der Waals surface area contributed by atoms with E-state index in [2.05, 4.69) is 61.5 Å². The number of rotatable bonds is 49. The highest BCUT2D eigenvalue weighted by Crippen LogP contribution is 2.67. The van der Waals surface area contributed by atoms with Gasteiger partial charge in [0.15, 0.2) is 11.5 Å². The van der Waals surface area contributed by atoms with Crippen molar-refractivity contribution in [3.05, 3.63) is 29.3 Å². The molecule has 4 aliphatic carbocycles. The SMILES string of the molecule is CCCCCCCCCCCCCCOc1cc(C(=O)OC2CC[C@@]3(C)C(=CC[C@H]4[C@@H]5CC[C@H]([C@H](C)CCCC(C)C)[C@@]5(C)CC[C@@H]43)C2)cc(OCCCCCCCCCCCCCC)c1OCCCCCCCCCCCCCC. The van der Waals surface area contributed by atoms with Crippen molar-refractivity contribution in [1.29, 1.82) is 0 Å². The number of esters is 1. The van der Waals surface area contributed by atoms with Gasteiger partial charge in [0, 0.05) is 6.42 Å². The Kier molecular flexibility index (Phi) is 35.2. The number of carbonyl (C=O) groups is 1. The van der Waals surface area contributed by atoms with Gasteiger partial charge >= 0.3 is 5.97 Å². The smallest absolute Gasteiger partial charge is 0.338 e. The van der Waals surface area contributed by atoms with Gasteiger partial charge in [-0.25, -0.2) is 4.79 Å². The number of carbonyl (C=O) groups excluding carboxylic acids is 1. The Labute approximate surface area is 503 Å². The number of hydrogen-bond donors (Lipinski definition) is 0. The Morgan fingerprint density at radius 1 is 0.494 bits per heavy atom. The Morgan fingerprint density at radius 3 is 1.37 bits per heavy atom. The van der Waals surface area contributed by atoms with Crippen molar-refractivity contribution in [2.75, 3.05) is 19.8 Å². The molecular formula is C76H134O5. The van der Waals surface area contributed by atoms with Gasteiger partial charge in [0.05, 0.1) is 25.4 Å². The molecule has 468 valence electrons. The van der Waals surface area contributed by atoms with Gasteiger partial charge in [-0.15, -0.1) is 0 Å². The maximum atomic E-state index is 14.6. The molecule has 0 amide bonds. The number of unbranched alkanes of at least 4 members (excludes halogenated alkanes) is 33. The van der Waals surface area contributed by atoms with Gasteiger partial charge in [-0.1, -0.05) is 298 Å². The highest BCUT2D eigenvalue weighted by molar-refractivity contribution is 5.91. The molecule has 0 saturated heterocycles. The minimum absolute atomic E-state index is 0.109. The molecule has 3 fully saturated rings. The summed E-state index contributed by atoms with van der Waals surface area (Å²) in [5, 5.41) is 0. The molecule has 0 aliphatic heterocycles. The molecule has 81 heavy (non-hydrogen) atoms. The van der Waals surface area contributed by atoms with Crippen LogP contribution in [0.25, 0.3) is 0 Å². The lowest BCUT2D eigenvalue weighted by Crippen LogP contribution is -2.51. The predicted octanol–water partition coefficient (Wildman–Crippen LogP) is 24.5. The summed E-state index contributed by atoms with van der Waals surface area (Å²) < 4.78 is 26.8. The molecule has 0 heterocycles. The minimum atomic E-state index is -0.247. The predicted molar refractivity (Wildman–Crippen MR) is 348 cm³/mol. The summed E-state index contributed by atoms with van der Waals surface area (Å²) in [7, 11) is 0. The van der Waals surface area contributed by atoms with Crippen LogP contribution in [0.2, 0.25) is 0 Å². The first-order valence-electron chi connectivity index (χ1n) is 36.5. The third-order valence-electron chi connectivity index (χ3n) is 21.5. The highest BCUT2D eigenvalue weighted by atomic mass is 16.6. The lowest BCUT2D eigenvalue weighted by atomic mass is 9.47. The number of fused-ring (bicyclic) bond motifs is 5. The van der Waals surface area contributed by atoms with E-state index in [1.807, 2.05) is 12.1 Å². The van der Waals surface area contributed by atoms with Crippen molar-refractivity contribution < 1.29 is 23.7 Å². The molecule has 0 N–H and O–H groups in total. The standard InChI is InChI=1S/C76H134O5/c1-9-12-15-18-21-24-27-30-33-36-39-42-56-78-71-59-64(60-72(79-57-43-40-37-34-31-28-25-22-19-16-13-10-2)73(71)80-58-44-41-38-35-32-29-26-23-20-17-14-11-3)74(77)81-66-52-54-75(7)65(61-66)48-49-67-69-51-50-68(63(6)47-45-46-62(4)5)76(69,8)55-53-70(67)75/h48,59-60,62-63,66-70H,9-47,49-58,61H2,1-8H3/t63-,66?,67+,68-,69+,70+,75+,76-/m1/s1. The van der Waals surface area contributed by atoms with Crippen molar-refractivity contribution in [2.45, 2.75) is 363 Å². The molecule has 3 saturated carbocycles. The topological polar surface area (TPSA) is 54.0 Å². The number of allylic oxidation sites excluding steroid dienone is 1. The Bertz CT molecular complexity index is 1750. The second-order valence-corrected chi connectivity index (χ2v) is 28.6. The summed E-state index contributed by atoms with van der Waals surface area (Å²) >= 11 is 0. The van der Waals surface area contributed by atoms with Crippen LogP contribution in [0.15, 0.2) is 23.8 Å². The summed E-state index contributed by atoms with van der Waals surface area (Å²) in [5.74, 6) is 6.66. The van der Waals surface area contributed by atoms with E-state index < -0.39 is 0 Å².